The Balaban J connectivity index is 3.46. The number of esters is 1. The number of carboxylic acids is 1. The van der Waals surface area contributed by atoms with Crippen LogP contribution in [0.1, 0.15) is 19.3 Å². The fourth-order valence-corrected chi connectivity index (χ4v) is 0.935. The lowest BCUT2D eigenvalue weighted by atomic mass is 10.2. The van der Waals surface area contributed by atoms with Crippen molar-refractivity contribution in [3.05, 3.63) is 0 Å². The highest BCUT2D eigenvalue weighted by Crippen LogP contribution is 2.29. The molecule has 0 N–H and O–H groups in total. The Morgan fingerprint density at radius 3 is 2.33 bits per heavy atom. The van der Waals surface area contributed by atoms with Crippen molar-refractivity contribution in [2.24, 2.45) is 0 Å². The lowest BCUT2D eigenvalue weighted by Crippen LogP contribution is -2.22. The Bertz CT molecular complexity index is 229. The molecule has 0 fully saturated rings. The van der Waals surface area contributed by atoms with E-state index >= 15 is 0 Å². The van der Waals surface area contributed by atoms with Crippen LogP contribution in [0.3, 0.4) is 0 Å². The van der Waals surface area contributed by atoms with E-state index in [2.05, 4.69) is 4.74 Å². The molecule has 0 amide bonds. The summed E-state index contributed by atoms with van der Waals surface area (Å²) in [5.74, 6) is -2.98. The number of carboxylic acid groups (broad SMARTS) is 1. The van der Waals surface area contributed by atoms with Gasteiger partial charge >= 0.3 is 11.5 Å². The molecule has 8 heteroatoms. The van der Waals surface area contributed by atoms with Gasteiger partial charge in [0.25, 0.3) is 0 Å². The van der Waals surface area contributed by atoms with Crippen molar-refractivity contribution in [1.82, 2.24) is 0 Å². The third-order valence-corrected chi connectivity index (χ3v) is 1.77. The number of hydrogen-bond acceptors (Lipinski definition) is 5. The van der Waals surface area contributed by atoms with Gasteiger partial charge in [-0.3, -0.25) is 4.79 Å². The molecule has 4 nitrogen and oxygen atoms in total. The first kappa shape index (κ1) is 14.1. The van der Waals surface area contributed by atoms with Gasteiger partial charge < -0.3 is 14.6 Å². The molecule has 0 aromatic heterocycles. The van der Waals surface area contributed by atoms with Crippen molar-refractivity contribution in [1.29, 1.82) is 0 Å². The largest absolute Gasteiger partial charge is 0.550 e. The van der Waals surface area contributed by atoms with E-state index < -0.39 is 35.1 Å². The Morgan fingerprint density at radius 2 is 1.87 bits per heavy atom. The maximum atomic E-state index is 11.5. The number of aliphatic carboxylic acids is 1. The van der Waals surface area contributed by atoms with Gasteiger partial charge in [-0.1, -0.05) is 0 Å². The number of carbonyl (C=O) groups is 2. The summed E-state index contributed by atoms with van der Waals surface area (Å²) in [7, 11) is 0. The summed E-state index contributed by atoms with van der Waals surface area (Å²) in [6.45, 7) is 0. The van der Waals surface area contributed by atoms with Crippen LogP contribution in [0.15, 0.2) is 0 Å². The summed E-state index contributed by atoms with van der Waals surface area (Å²) < 4.78 is 38.8. The lowest BCUT2D eigenvalue weighted by Gasteiger charge is -2.06. The average molecular weight is 245 g/mol. The number of hydrogen-bond donors (Lipinski definition) is 0. The van der Waals surface area contributed by atoms with Crippen LogP contribution in [0.5, 0.6) is 0 Å². The minimum absolute atomic E-state index is 0.00213. The molecule has 0 aliphatic heterocycles. The van der Waals surface area contributed by atoms with E-state index in [1.165, 1.54) is 0 Å². The van der Waals surface area contributed by atoms with Gasteiger partial charge in [0.1, 0.15) is 5.94 Å². The highest BCUT2D eigenvalue weighted by atomic mass is 32.2. The van der Waals surface area contributed by atoms with Crippen LogP contribution in [0.25, 0.3) is 0 Å². The molecule has 0 rings (SSSR count). The third-order valence-electron chi connectivity index (χ3n) is 1.20. The minimum atomic E-state index is -4.44. The normalized spacial score (nSPS) is 11.1. The summed E-state index contributed by atoms with van der Waals surface area (Å²) in [5, 5.41) is 9.91. The van der Waals surface area contributed by atoms with E-state index in [0.717, 1.165) is 0 Å². The van der Waals surface area contributed by atoms with Gasteiger partial charge in [-0.2, -0.15) is 13.2 Å². The predicted octanol–water partition coefficient (Wildman–Crippen LogP) is 0.660. The van der Waals surface area contributed by atoms with Gasteiger partial charge in [0.15, 0.2) is 0 Å². The van der Waals surface area contributed by atoms with Crippen LogP contribution >= 0.6 is 11.8 Å². The first-order chi connectivity index (χ1) is 6.81. The molecule has 0 aliphatic carbocycles. The summed E-state index contributed by atoms with van der Waals surface area (Å²) in [4.78, 5) is 20.6. The Morgan fingerprint density at radius 1 is 1.27 bits per heavy atom. The highest BCUT2D eigenvalue weighted by molar-refractivity contribution is 8.00. The first-order valence-electron chi connectivity index (χ1n) is 3.87. The van der Waals surface area contributed by atoms with Crippen LogP contribution in [-0.2, 0) is 14.3 Å². The fraction of sp³-hybridized carbons (Fsp3) is 0.714. The van der Waals surface area contributed by atoms with Gasteiger partial charge in [0.2, 0.25) is 0 Å². The van der Waals surface area contributed by atoms with E-state index in [1.807, 2.05) is 0 Å². The summed E-state index contributed by atoms with van der Waals surface area (Å²) in [6, 6.07) is 0. The SMILES string of the molecule is O=C([O-])CCCC(=O)OCSC(F)(F)F. The average Bonchev–Trinajstić information content (AvgIpc) is 2.00. The molecule has 0 bridgehead atoms. The van der Waals surface area contributed by atoms with Crippen molar-refractivity contribution in [2.75, 3.05) is 5.94 Å². The predicted molar refractivity (Wildman–Crippen MR) is 43.5 cm³/mol. The molecule has 88 valence electrons. The molecule has 0 saturated heterocycles. The van der Waals surface area contributed by atoms with Crippen LogP contribution in [-0.4, -0.2) is 23.4 Å². The Kier molecular flexibility index (Phi) is 6.14. The van der Waals surface area contributed by atoms with Crippen molar-refractivity contribution in [3.63, 3.8) is 0 Å². The van der Waals surface area contributed by atoms with Crippen LogP contribution in [0.4, 0.5) is 13.2 Å². The smallest absolute Gasteiger partial charge is 0.444 e. The second-order valence-corrected chi connectivity index (χ2v) is 3.44. The number of thioether (sulfide) groups is 1. The molecule has 0 aromatic carbocycles. The van der Waals surface area contributed by atoms with Crippen molar-refractivity contribution < 1.29 is 32.6 Å². The lowest BCUT2D eigenvalue weighted by molar-refractivity contribution is -0.305. The molecule has 15 heavy (non-hydrogen) atoms. The molecule has 0 saturated carbocycles. The second kappa shape index (κ2) is 6.54. The van der Waals surface area contributed by atoms with Gasteiger partial charge in [-0.25, -0.2) is 0 Å². The topological polar surface area (TPSA) is 66.4 Å². The first-order valence-corrected chi connectivity index (χ1v) is 4.86. The summed E-state index contributed by atoms with van der Waals surface area (Å²) in [6.07, 6.45) is -0.550. The van der Waals surface area contributed by atoms with Gasteiger partial charge in [-0.15, -0.1) is 0 Å². The van der Waals surface area contributed by atoms with E-state index in [9.17, 15) is 27.9 Å². The third kappa shape index (κ3) is 11.0. The van der Waals surface area contributed by atoms with E-state index in [4.69, 9.17) is 0 Å². The van der Waals surface area contributed by atoms with Crippen LogP contribution < -0.4 is 5.11 Å². The zero-order valence-corrected chi connectivity index (χ0v) is 8.32. The maximum absolute atomic E-state index is 11.5. The zero-order chi connectivity index (χ0) is 11.9. The standard InChI is InChI=1S/C7H9F3O4S/c8-7(9,10)15-4-14-6(13)3-1-2-5(11)12/h1-4H2,(H,11,12)/p-1. The number of ether oxygens (including phenoxy) is 1. The molecule has 0 heterocycles. The molecule has 0 unspecified atom stereocenters. The monoisotopic (exact) mass is 245 g/mol. The minimum Gasteiger partial charge on any atom is -0.550 e. The van der Waals surface area contributed by atoms with Crippen LogP contribution in [0.2, 0.25) is 0 Å². The van der Waals surface area contributed by atoms with E-state index in [1.54, 1.807) is 0 Å². The molecular formula is C7H8F3O4S-. The number of rotatable bonds is 6. The van der Waals surface area contributed by atoms with Crippen molar-refractivity contribution >= 4 is 23.7 Å². The maximum Gasteiger partial charge on any atom is 0.444 e. The Labute approximate surface area is 87.8 Å². The summed E-state index contributed by atoms with van der Waals surface area (Å²) >= 11 is -0.470. The molecule has 0 aliphatic rings. The Hall–Kier alpha value is -0.920. The second-order valence-electron chi connectivity index (χ2n) is 2.45. The molecule has 0 atom stereocenters. The molecular weight excluding hydrogens is 237 g/mol. The number of alkyl halides is 3. The molecule has 0 spiro atoms. The van der Waals surface area contributed by atoms with E-state index in [0.29, 0.717) is 0 Å². The van der Waals surface area contributed by atoms with Crippen LogP contribution in [0, 0.1) is 0 Å². The van der Waals surface area contributed by atoms with Crippen molar-refractivity contribution in [2.45, 2.75) is 24.8 Å². The summed E-state index contributed by atoms with van der Waals surface area (Å²) in [5.41, 5.74) is -4.44. The number of carbonyl (C=O) groups excluding carboxylic acids is 2. The molecule has 0 aromatic rings. The quantitative estimate of drug-likeness (QED) is 0.508. The van der Waals surface area contributed by atoms with Crippen molar-refractivity contribution in [3.8, 4) is 0 Å². The zero-order valence-electron chi connectivity index (χ0n) is 7.50. The number of halogens is 3. The van der Waals surface area contributed by atoms with Gasteiger partial charge in [0.05, 0.1) is 0 Å². The molecule has 0 radical (unpaired) electrons. The highest BCUT2D eigenvalue weighted by Gasteiger charge is 2.28. The van der Waals surface area contributed by atoms with E-state index in [-0.39, 0.29) is 19.3 Å². The van der Waals surface area contributed by atoms with Gasteiger partial charge in [-0.05, 0) is 24.6 Å². The van der Waals surface area contributed by atoms with Gasteiger partial charge in [0, 0.05) is 12.4 Å². The fourth-order valence-electron chi connectivity index (χ4n) is 0.611.